The van der Waals surface area contributed by atoms with Gasteiger partial charge in [-0.25, -0.2) is 0 Å². The predicted octanol–water partition coefficient (Wildman–Crippen LogP) is -2.30. The van der Waals surface area contributed by atoms with Crippen LogP contribution in [0.1, 0.15) is 155 Å². The first-order chi connectivity index (χ1) is 22.6. The average Bonchev–Trinajstić information content (AvgIpc) is 2.99. The summed E-state index contributed by atoms with van der Waals surface area (Å²) in [4.78, 5) is 43.9. The Bertz CT molecular complexity index is 1020. The summed E-state index contributed by atoms with van der Waals surface area (Å²) < 4.78 is 70.1. The van der Waals surface area contributed by atoms with E-state index in [9.17, 15) is 46.2 Å². The number of hydrogen-bond donors (Lipinski definition) is 2. The van der Waals surface area contributed by atoms with E-state index in [1.165, 1.54) is 77.0 Å². The molecule has 0 radical (unpaired) electrons. The molecule has 0 aromatic carbocycles. The molecule has 0 bridgehead atoms. The van der Waals surface area contributed by atoms with Crippen LogP contribution in [0.25, 0.3) is 0 Å². The van der Waals surface area contributed by atoms with Gasteiger partial charge < -0.3 is 29.3 Å². The van der Waals surface area contributed by atoms with Gasteiger partial charge in [0, 0.05) is 0 Å². The van der Waals surface area contributed by atoms with Crippen molar-refractivity contribution in [3.05, 3.63) is 0 Å². The Morgan fingerprint density at radius 1 is 0.480 bits per heavy atom. The molecule has 0 aliphatic heterocycles. The van der Waals surface area contributed by atoms with Gasteiger partial charge >= 0.3 is 71.1 Å². The van der Waals surface area contributed by atoms with Gasteiger partial charge in [-0.2, -0.15) is 16.8 Å². The van der Waals surface area contributed by atoms with E-state index >= 15 is 0 Å². The van der Waals surface area contributed by atoms with Crippen molar-refractivity contribution in [3.8, 4) is 0 Å². The molecule has 0 rings (SSSR count). The first-order valence-corrected chi connectivity index (χ1v) is 20.2. The van der Waals surface area contributed by atoms with E-state index in [-0.39, 0.29) is 72.3 Å². The monoisotopic (exact) mass is 776 g/mol. The molecular weight excluding hydrogens is 718 g/mol. The molecule has 284 valence electrons. The number of hydrogen-bond acceptors (Lipinski definition) is 12. The van der Waals surface area contributed by atoms with Crippen LogP contribution < -0.4 is 69.3 Å². The second-order valence-corrected chi connectivity index (χ2v) is 15.1. The van der Waals surface area contributed by atoms with E-state index < -0.39 is 67.5 Å². The fourth-order valence-corrected chi connectivity index (χ4v) is 5.77. The minimum Gasteiger partial charge on any atom is -0.549 e. The van der Waals surface area contributed by atoms with Crippen molar-refractivity contribution in [2.45, 2.75) is 166 Å². The zero-order valence-electron chi connectivity index (χ0n) is 30.7. The van der Waals surface area contributed by atoms with E-state index in [1.807, 2.05) is 0 Å². The summed E-state index contributed by atoms with van der Waals surface area (Å²) in [5.74, 6) is -5.99. The Hall–Kier alpha value is -0.300. The number of carbonyl (C=O) groups is 4. The van der Waals surface area contributed by atoms with Crippen molar-refractivity contribution in [1.29, 1.82) is 0 Å². The fourth-order valence-electron chi connectivity index (χ4n) is 4.59. The Morgan fingerprint density at radius 3 is 0.900 bits per heavy atom. The van der Waals surface area contributed by atoms with Crippen molar-refractivity contribution >= 4 is 44.1 Å². The van der Waals surface area contributed by atoms with Crippen molar-refractivity contribution in [2.24, 2.45) is 0 Å². The third-order valence-corrected chi connectivity index (χ3v) is 9.63. The van der Waals surface area contributed by atoms with Crippen LogP contribution in [0.5, 0.6) is 0 Å². The standard InChI is InChI=1S/2C16H30O7S.2Na/c2*1-2-3-4-5-6-7-8-9-10-11-12-23-15(17)13-14(16(18)19)24(20,21)22;;/h2*14H,2-13H2,1H3,(H,18,19)(H,20,21,22);;/q;;2*+1/p-2. The fraction of sp³-hybridized carbons (Fsp3) is 0.875. The van der Waals surface area contributed by atoms with E-state index in [1.54, 1.807) is 0 Å². The number of carboxylic acid groups (broad SMARTS) is 2. The SMILES string of the molecule is CCCCCCCCCCCCOC(=O)CC(C(=O)[O-])S(=O)(=O)O.CCCCCCCCCCCCOC(=O)CC(C(=O)[O-])S(=O)(=O)O.[Na+].[Na+]. The Kier molecular flexibility index (Phi) is 40.3. The molecule has 0 aromatic heterocycles. The van der Waals surface area contributed by atoms with Gasteiger partial charge in [0.2, 0.25) is 0 Å². The van der Waals surface area contributed by atoms with Crippen molar-refractivity contribution in [1.82, 2.24) is 0 Å². The van der Waals surface area contributed by atoms with Crippen LogP contribution in [-0.4, -0.2) is 73.5 Å². The third kappa shape index (κ3) is 36.1. The van der Waals surface area contributed by atoms with Crippen LogP contribution >= 0.6 is 0 Å². The number of aliphatic carboxylic acids is 2. The average molecular weight is 777 g/mol. The van der Waals surface area contributed by atoms with Crippen LogP contribution in [0.2, 0.25) is 0 Å². The summed E-state index contributed by atoms with van der Waals surface area (Å²) in [6.45, 7) is 4.60. The maximum Gasteiger partial charge on any atom is 1.00 e. The van der Waals surface area contributed by atoms with Gasteiger partial charge in [-0.3, -0.25) is 18.7 Å². The molecule has 50 heavy (non-hydrogen) atoms. The van der Waals surface area contributed by atoms with E-state index in [0.717, 1.165) is 38.5 Å². The minimum absolute atomic E-state index is 0. The summed E-state index contributed by atoms with van der Waals surface area (Å²) in [6.07, 6.45) is 20.6. The van der Waals surface area contributed by atoms with Gasteiger partial charge in [0.25, 0.3) is 20.2 Å². The van der Waals surface area contributed by atoms with Crippen molar-refractivity contribution < 1.29 is 124 Å². The van der Waals surface area contributed by atoms with Crippen LogP contribution in [0.15, 0.2) is 0 Å². The molecular formula is C32H58Na2O14S2. The Morgan fingerprint density at radius 2 is 0.700 bits per heavy atom. The number of carbonyl (C=O) groups excluding carboxylic acids is 4. The molecule has 0 amide bonds. The number of unbranched alkanes of at least 4 members (excludes halogenated alkanes) is 18. The van der Waals surface area contributed by atoms with Crippen LogP contribution in [0.4, 0.5) is 0 Å². The van der Waals surface area contributed by atoms with E-state index in [4.69, 9.17) is 18.6 Å². The van der Waals surface area contributed by atoms with E-state index in [2.05, 4.69) is 13.8 Å². The predicted molar refractivity (Wildman–Crippen MR) is 176 cm³/mol. The maximum atomic E-state index is 11.4. The molecule has 0 saturated heterocycles. The smallest absolute Gasteiger partial charge is 0.549 e. The third-order valence-electron chi connectivity index (χ3n) is 7.47. The largest absolute Gasteiger partial charge is 1.00 e. The van der Waals surface area contributed by atoms with Gasteiger partial charge in [-0.15, -0.1) is 0 Å². The second-order valence-electron chi connectivity index (χ2n) is 11.9. The quantitative estimate of drug-likeness (QED) is 0.0338. The van der Waals surface area contributed by atoms with Gasteiger partial charge in [-0.1, -0.05) is 129 Å². The van der Waals surface area contributed by atoms with Gasteiger partial charge in [-0.05, 0) is 12.8 Å². The first kappa shape index (κ1) is 56.4. The van der Waals surface area contributed by atoms with Crippen molar-refractivity contribution in [3.63, 3.8) is 0 Å². The molecule has 0 heterocycles. The summed E-state index contributed by atoms with van der Waals surface area (Å²) >= 11 is 0. The second kappa shape index (κ2) is 35.7. The minimum atomic E-state index is -4.88. The number of carboxylic acids is 2. The molecule has 18 heteroatoms. The molecule has 2 unspecified atom stereocenters. The molecule has 0 fully saturated rings. The zero-order valence-corrected chi connectivity index (χ0v) is 36.4. The molecule has 0 aromatic rings. The van der Waals surface area contributed by atoms with Gasteiger partial charge in [0.05, 0.1) is 38.0 Å². The van der Waals surface area contributed by atoms with Crippen LogP contribution in [-0.2, 0) is 48.9 Å². The zero-order chi connectivity index (χ0) is 36.8. The summed E-state index contributed by atoms with van der Waals surface area (Å²) in [5, 5.41) is 16.6. The summed E-state index contributed by atoms with van der Waals surface area (Å²) in [5.41, 5.74) is 0. The molecule has 0 spiro atoms. The first-order valence-electron chi connectivity index (χ1n) is 17.2. The van der Waals surface area contributed by atoms with Crippen molar-refractivity contribution in [2.75, 3.05) is 13.2 Å². The number of ether oxygens (including phenoxy) is 2. The molecule has 0 aliphatic rings. The summed E-state index contributed by atoms with van der Waals surface area (Å²) in [6, 6.07) is 0. The maximum absolute atomic E-state index is 11.4. The normalized spacial score (nSPS) is 12.2. The van der Waals surface area contributed by atoms with Crippen LogP contribution in [0, 0.1) is 0 Å². The Labute approximate surface area is 344 Å². The molecule has 0 saturated carbocycles. The number of esters is 2. The van der Waals surface area contributed by atoms with Gasteiger partial charge in [0.15, 0.2) is 0 Å². The Balaban J connectivity index is -0.000000407. The number of rotatable bonds is 30. The molecule has 2 atom stereocenters. The topological polar surface area (TPSA) is 242 Å². The molecule has 2 N–H and O–H groups in total. The van der Waals surface area contributed by atoms with Crippen LogP contribution in [0.3, 0.4) is 0 Å². The molecule has 0 aliphatic carbocycles. The van der Waals surface area contributed by atoms with E-state index in [0.29, 0.717) is 12.8 Å². The summed E-state index contributed by atoms with van der Waals surface area (Å²) in [7, 11) is -9.75. The van der Waals surface area contributed by atoms with Gasteiger partial charge in [0.1, 0.15) is 10.5 Å². The molecule has 14 nitrogen and oxygen atoms in total.